The van der Waals surface area contributed by atoms with Crippen molar-refractivity contribution < 1.29 is 4.74 Å². The number of hydrogen-bond donors (Lipinski definition) is 1. The van der Waals surface area contributed by atoms with Gasteiger partial charge in [-0.05, 0) is 42.3 Å². The molecule has 23 heavy (non-hydrogen) atoms. The quantitative estimate of drug-likeness (QED) is 0.791. The van der Waals surface area contributed by atoms with E-state index in [2.05, 4.69) is 21.2 Å². The summed E-state index contributed by atoms with van der Waals surface area (Å²) in [5.74, 6) is 0.911. The molecule has 0 aliphatic carbocycles. The fourth-order valence-electron chi connectivity index (χ4n) is 3.12. The lowest BCUT2D eigenvalue weighted by Gasteiger charge is -2.17. The third-order valence-electron chi connectivity index (χ3n) is 4.24. The van der Waals surface area contributed by atoms with Crippen molar-refractivity contribution in [2.24, 2.45) is 0 Å². The van der Waals surface area contributed by atoms with E-state index in [0.29, 0.717) is 0 Å². The minimum atomic E-state index is 0.235. The van der Waals surface area contributed by atoms with Gasteiger partial charge < -0.3 is 4.74 Å². The maximum Gasteiger partial charge on any atom is 0.120 e. The topological polar surface area (TPSA) is 41.1 Å². The molecule has 3 aromatic rings. The van der Waals surface area contributed by atoms with E-state index in [4.69, 9.17) is 16.3 Å². The Morgan fingerprint density at radius 3 is 3.13 bits per heavy atom. The Hall–Kier alpha value is -2.04. The van der Waals surface area contributed by atoms with Gasteiger partial charge in [-0.25, -0.2) is 0 Å². The van der Waals surface area contributed by atoms with Crippen LogP contribution in [0.25, 0.3) is 10.9 Å². The summed E-state index contributed by atoms with van der Waals surface area (Å²) in [5.41, 5.74) is 2.28. The number of hydrogen-bond acceptors (Lipinski definition) is 3. The number of H-pyrrole nitrogens is 1. The SMILES string of the molecule is Clc1cccc(CN2CC[C@H](Oc3ccc4[nH]ncc4c3)C2)c1. The zero-order valence-electron chi connectivity index (χ0n) is 12.7. The second-order valence-corrected chi connectivity index (χ2v) is 6.45. The van der Waals surface area contributed by atoms with E-state index in [1.807, 2.05) is 42.6 Å². The average Bonchev–Trinajstić information content (AvgIpc) is 3.16. The van der Waals surface area contributed by atoms with Crippen LogP contribution >= 0.6 is 11.6 Å². The highest BCUT2D eigenvalue weighted by Gasteiger charge is 2.24. The van der Waals surface area contributed by atoms with Crippen molar-refractivity contribution in [1.29, 1.82) is 0 Å². The Balaban J connectivity index is 1.38. The summed E-state index contributed by atoms with van der Waals surface area (Å²) in [6.07, 6.45) is 3.10. The van der Waals surface area contributed by atoms with Crippen molar-refractivity contribution >= 4 is 22.5 Å². The van der Waals surface area contributed by atoms with Gasteiger partial charge in [0.25, 0.3) is 0 Å². The average molecular weight is 328 g/mol. The second-order valence-electron chi connectivity index (χ2n) is 6.01. The Labute approximate surface area is 140 Å². The standard InChI is InChI=1S/C18H18ClN3O/c19-15-3-1-2-13(8-15)11-22-7-6-17(12-22)23-16-4-5-18-14(9-16)10-20-21-18/h1-5,8-10,17H,6-7,11-12H2,(H,20,21)/t17-/m0/s1. The molecule has 1 aliphatic heterocycles. The van der Waals surface area contributed by atoms with E-state index in [9.17, 15) is 0 Å². The van der Waals surface area contributed by atoms with Gasteiger partial charge in [-0.3, -0.25) is 10.00 Å². The molecule has 1 fully saturated rings. The first-order valence-electron chi connectivity index (χ1n) is 7.83. The minimum Gasteiger partial charge on any atom is -0.489 e. The zero-order chi connectivity index (χ0) is 15.6. The van der Waals surface area contributed by atoms with Gasteiger partial charge in [-0.1, -0.05) is 23.7 Å². The maximum atomic E-state index is 6.14. The lowest BCUT2D eigenvalue weighted by molar-refractivity contribution is 0.198. The molecule has 0 amide bonds. The largest absolute Gasteiger partial charge is 0.489 e. The number of aromatic nitrogens is 2. The molecule has 1 aromatic heterocycles. The number of likely N-dealkylation sites (tertiary alicyclic amines) is 1. The monoisotopic (exact) mass is 327 g/mol. The van der Waals surface area contributed by atoms with Crippen molar-refractivity contribution in [3.63, 3.8) is 0 Å². The molecule has 0 unspecified atom stereocenters. The summed E-state index contributed by atoms with van der Waals surface area (Å²) in [7, 11) is 0. The number of nitrogens with one attached hydrogen (secondary N) is 1. The number of fused-ring (bicyclic) bond motifs is 1. The van der Waals surface area contributed by atoms with Crippen molar-refractivity contribution in [1.82, 2.24) is 15.1 Å². The molecule has 4 rings (SSSR count). The first-order valence-corrected chi connectivity index (χ1v) is 8.21. The Morgan fingerprint density at radius 1 is 1.26 bits per heavy atom. The summed E-state index contributed by atoms with van der Waals surface area (Å²) >= 11 is 6.05. The van der Waals surface area contributed by atoms with Crippen LogP contribution in [0.2, 0.25) is 5.02 Å². The molecule has 0 saturated carbocycles. The highest BCUT2D eigenvalue weighted by molar-refractivity contribution is 6.30. The predicted octanol–water partition coefficient (Wildman–Crippen LogP) is 3.87. The van der Waals surface area contributed by atoms with Crippen molar-refractivity contribution in [2.45, 2.75) is 19.1 Å². The summed E-state index contributed by atoms with van der Waals surface area (Å²) in [6.45, 7) is 2.91. The second kappa shape index (κ2) is 6.22. The van der Waals surface area contributed by atoms with Crippen LogP contribution in [-0.4, -0.2) is 34.3 Å². The number of rotatable bonds is 4. The van der Waals surface area contributed by atoms with Crippen LogP contribution < -0.4 is 4.74 Å². The van der Waals surface area contributed by atoms with E-state index < -0.39 is 0 Å². The fourth-order valence-corrected chi connectivity index (χ4v) is 3.33. The van der Waals surface area contributed by atoms with Crippen molar-refractivity contribution in [3.8, 4) is 5.75 Å². The third kappa shape index (κ3) is 3.33. The summed E-state index contributed by atoms with van der Waals surface area (Å²) < 4.78 is 6.14. The molecule has 1 N–H and O–H groups in total. The van der Waals surface area contributed by atoms with Gasteiger partial charge in [0.1, 0.15) is 11.9 Å². The molecule has 1 saturated heterocycles. The van der Waals surface area contributed by atoms with E-state index in [1.54, 1.807) is 0 Å². The predicted molar refractivity (Wildman–Crippen MR) is 91.9 cm³/mol. The van der Waals surface area contributed by atoms with Crippen molar-refractivity contribution in [2.75, 3.05) is 13.1 Å². The van der Waals surface area contributed by atoms with Gasteiger partial charge in [0, 0.05) is 30.0 Å². The lowest BCUT2D eigenvalue weighted by atomic mass is 10.2. The fraction of sp³-hybridized carbons (Fsp3) is 0.278. The van der Waals surface area contributed by atoms with Gasteiger partial charge in [0.2, 0.25) is 0 Å². The van der Waals surface area contributed by atoms with Crippen LogP contribution in [0, 0.1) is 0 Å². The Morgan fingerprint density at radius 2 is 2.22 bits per heavy atom. The van der Waals surface area contributed by atoms with Crippen LogP contribution in [0.15, 0.2) is 48.7 Å². The molecule has 4 nitrogen and oxygen atoms in total. The molecular weight excluding hydrogens is 310 g/mol. The van der Waals surface area contributed by atoms with Gasteiger partial charge in [0.05, 0.1) is 11.7 Å². The molecule has 118 valence electrons. The van der Waals surface area contributed by atoms with Crippen LogP contribution in [0.3, 0.4) is 0 Å². The molecule has 1 aliphatic rings. The zero-order valence-corrected chi connectivity index (χ0v) is 13.5. The first kappa shape index (κ1) is 14.5. The molecule has 2 heterocycles. The van der Waals surface area contributed by atoms with E-state index in [-0.39, 0.29) is 6.10 Å². The van der Waals surface area contributed by atoms with E-state index in [0.717, 1.165) is 47.7 Å². The molecule has 0 spiro atoms. The molecular formula is C18H18ClN3O. The van der Waals surface area contributed by atoms with Crippen LogP contribution in [0.5, 0.6) is 5.75 Å². The summed E-state index contributed by atoms with van der Waals surface area (Å²) in [6, 6.07) is 14.1. The summed E-state index contributed by atoms with van der Waals surface area (Å²) in [4.78, 5) is 2.41. The van der Waals surface area contributed by atoms with Gasteiger partial charge in [0.15, 0.2) is 0 Å². The summed E-state index contributed by atoms with van der Waals surface area (Å²) in [5, 5.41) is 8.87. The number of aromatic amines is 1. The number of halogens is 1. The smallest absolute Gasteiger partial charge is 0.120 e. The lowest BCUT2D eigenvalue weighted by Crippen LogP contribution is -2.24. The van der Waals surface area contributed by atoms with Gasteiger partial charge >= 0.3 is 0 Å². The number of nitrogens with zero attached hydrogens (tertiary/aromatic N) is 2. The molecule has 0 radical (unpaired) electrons. The Bertz CT molecular complexity index is 817. The molecule has 2 aromatic carbocycles. The minimum absolute atomic E-state index is 0.235. The maximum absolute atomic E-state index is 6.14. The first-order chi connectivity index (χ1) is 11.3. The molecule has 1 atom stereocenters. The van der Waals surface area contributed by atoms with Gasteiger partial charge in [-0.2, -0.15) is 5.10 Å². The van der Waals surface area contributed by atoms with Crippen LogP contribution in [0.4, 0.5) is 0 Å². The van der Waals surface area contributed by atoms with E-state index >= 15 is 0 Å². The van der Waals surface area contributed by atoms with Crippen molar-refractivity contribution in [3.05, 3.63) is 59.2 Å². The number of benzene rings is 2. The van der Waals surface area contributed by atoms with E-state index in [1.165, 1.54) is 5.56 Å². The number of ether oxygens (including phenoxy) is 1. The van der Waals surface area contributed by atoms with Crippen LogP contribution in [0.1, 0.15) is 12.0 Å². The third-order valence-corrected chi connectivity index (χ3v) is 4.47. The Kier molecular flexibility index (Phi) is 3.93. The normalized spacial score (nSPS) is 18.6. The highest BCUT2D eigenvalue weighted by atomic mass is 35.5. The highest BCUT2D eigenvalue weighted by Crippen LogP contribution is 2.23. The molecule has 0 bridgehead atoms. The molecule has 5 heteroatoms. The van der Waals surface area contributed by atoms with Gasteiger partial charge in [-0.15, -0.1) is 0 Å². The van der Waals surface area contributed by atoms with Crippen LogP contribution in [-0.2, 0) is 6.54 Å².